The Labute approximate surface area is 266 Å². The number of rotatable bonds is 6. The molecule has 0 amide bonds. The topological polar surface area (TPSA) is 35.5 Å². The molecule has 0 N–H and O–H groups in total. The minimum atomic E-state index is -0.147. The van der Waals surface area contributed by atoms with Crippen molar-refractivity contribution in [3.63, 3.8) is 0 Å². The van der Waals surface area contributed by atoms with Gasteiger partial charge in [-0.15, -0.1) is 0 Å². The molecule has 4 aliphatic carbocycles. The van der Waals surface area contributed by atoms with Crippen LogP contribution in [0.2, 0.25) is 0 Å². The number of carbonyl (C=O) groups is 1. The lowest BCUT2D eigenvalue weighted by Gasteiger charge is -2.62. The van der Waals surface area contributed by atoms with Gasteiger partial charge in [-0.3, -0.25) is 4.79 Å². The minimum absolute atomic E-state index is 0.0270. The zero-order valence-electron chi connectivity index (χ0n) is 30.4. The second-order valence-electron chi connectivity index (χ2n) is 19.3. The van der Waals surface area contributed by atoms with Crippen LogP contribution >= 0.6 is 0 Å². The Kier molecular flexibility index (Phi) is 8.81. The highest BCUT2D eigenvalue weighted by Gasteiger charge is 2.66. The van der Waals surface area contributed by atoms with Gasteiger partial charge in [0.25, 0.3) is 0 Å². The molecule has 0 spiro atoms. The van der Waals surface area contributed by atoms with Crippen LogP contribution in [-0.4, -0.2) is 24.8 Å². The van der Waals surface area contributed by atoms with E-state index in [4.69, 9.17) is 9.47 Å². The highest BCUT2D eigenvalue weighted by Crippen LogP contribution is 2.74. The van der Waals surface area contributed by atoms with Crippen LogP contribution in [0.4, 0.5) is 0 Å². The molecule has 1 heterocycles. The molecule has 0 aromatic heterocycles. The number of carbonyl (C=O) groups excluding carboxylic acids is 1. The highest BCUT2D eigenvalue weighted by atomic mass is 16.7. The molecule has 3 heteroatoms. The SMILES string of the molecule is CC1COC(O[C@@H]2C[C@H]3C(=O)C=C4C(CC[C@]5(C)[C@@H](C(C)(C)[C@H](C)CCC(C)(C)C)CC[C@@]45C)[C@@]3(C)C[C@@H]2C)C(C)C1C. The summed E-state index contributed by atoms with van der Waals surface area (Å²) in [5.41, 5.74) is 2.58. The van der Waals surface area contributed by atoms with E-state index in [1.807, 2.05) is 0 Å². The smallest absolute Gasteiger partial charge is 0.160 e. The quantitative estimate of drug-likeness (QED) is 0.306. The van der Waals surface area contributed by atoms with Crippen LogP contribution in [0, 0.1) is 74.4 Å². The molecule has 4 fully saturated rings. The van der Waals surface area contributed by atoms with Crippen molar-refractivity contribution in [1.82, 2.24) is 0 Å². The first kappa shape index (κ1) is 33.7. The predicted octanol–water partition coefficient (Wildman–Crippen LogP) is 10.5. The monoisotopic (exact) mass is 597 g/mol. The van der Waals surface area contributed by atoms with E-state index in [0.717, 1.165) is 19.4 Å². The van der Waals surface area contributed by atoms with Gasteiger partial charge >= 0.3 is 0 Å². The van der Waals surface area contributed by atoms with Crippen LogP contribution in [0.15, 0.2) is 11.6 Å². The van der Waals surface area contributed by atoms with Crippen LogP contribution in [0.25, 0.3) is 0 Å². The largest absolute Gasteiger partial charge is 0.352 e. The average molecular weight is 597 g/mol. The van der Waals surface area contributed by atoms with E-state index >= 15 is 0 Å². The summed E-state index contributed by atoms with van der Waals surface area (Å²) < 4.78 is 13.0. The fourth-order valence-corrected chi connectivity index (χ4v) is 11.5. The molecule has 3 saturated carbocycles. The third-order valence-corrected chi connectivity index (χ3v) is 15.5. The standard InChI is InChI=1S/C40H68O3/c1-24-22-38(11)29-15-18-40(13)34(37(9,10)26(3)14-17-36(6,7)8)16-19-39(40,12)30(29)20-32(41)31(38)21-33(24)43-35-28(5)27(4)25(2)23-42-35/h20,24-29,31,33-35H,14-19,21-23H2,1-13H3/t24-,25?,26+,27?,28?,29?,31-,33+,34+,35?,38+,39-,40+/m0/s1. The number of hydrogen-bond acceptors (Lipinski definition) is 3. The summed E-state index contributed by atoms with van der Waals surface area (Å²) in [6, 6.07) is 0. The number of ether oxygens (including phenoxy) is 2. The van der Waals surface area contributed by atoms with Gasteiger partial charge in [-0.25, -0.2) is 0 Å². The lowest BCUT2D eigenvalue weighted by atomic mass is 9.42. The van der Waals surface area contributed by atoms with Gasteiger partial charge in [0.1, 0.15) is 0 Å². The lowest BCUT2D eigenvalue weighted by molar-refractivity contribution is -0.254. The molecule has 5 aliphatic rings. The number of ketones is 1. The van der Waals surface area contributed by atoms with E-state index in [1.165, 1.54) is 44.1 Å². The maximum Gasteiger partial charge on any atom is 0.160 e. The Morgan fingerprint density at radius 1 is 0.953 bits per heavy atom. The van der Waals surface area contributed by atoms with Gasteiger partial charge in [0, 0.05) is 11.8 Å². The molecule has 5 rings (SSSR count). The summed E-state index contributed by atoms with van der Waals surface area (Å²) in [5, 5.41) is 0. The molecule has 0 aromatic rings. The summed E-state index contributed by atoms with van der Waals surface area (Å²) >= 11 is 0. The first-order valence-electron chi connectivity index (χ1n) is 18.3. The van der Waals surface area contributed by atoms with Crippen molar-refractivity contribution in [3.8, 4) is 0 Å². The molecular weight excluding hydrogens is 528 g/mol. The molecule has 13 atom stereocenters. The van der Waals surface area contributed by atoms with Crippen molar-refractivity contribution >= 4 is 5.78 Å². The molecule has 5 unspecified atom stereocenters. The Bertz CT molecular complexity index is 1080. The zero-order valence-corrected chi connectivity index (χ0v) is 30.4. The summed E-state index contributed by atoms with van der Waals surface area (Å²) in [6.45, 7) is 32.6. The van der Waals surface area contributed by atoms with Gasteiger partial charge < -0.3 is 9.47 Å². The normalized spacial score (nSPS) is 47.8. The fraction of sp³-hybridized carbons (Fsp3) is 0.925. The van der Waals surface area contributed by atoms with E-state index < -0.39 is 0 Å². The minimum Gasteiger partial charge on any atom is -0.352 e. The summed E-state index contributed by atoms with van der Waals surface area (Å²) in [6.07, 6.45) is 11.7. The third-order valence-electron chi connectivity index (χ3n) is 15.5. The maximum atomic E-state index is 14.2. The van der Waals surface area contributed by atoms with Crippen molar-refractivity contribution in [2.75, 3.05) is 6.61 Å². The van der Waals surface area contributed by atoms with Gasteiger partial charge in [-0.2, -0.15) is 0 Å². The number of hydrogen-bond donors (Lipinski definition) is 0. The first-order valence-corrected chi connectivity index (χ1v) is 18.3. The molecule has 1 saturated heterocycles. The molecular formula is C40H68O3. The van der Waals surface area contributed by atoms with Crippen LogP contribution in [0.1, 0.15) is 141 Å². The Morgan fingerprint density at radius 2 is 1.63 bits per heavy atom. The Morgan fingerprint density at radius 3 is 2.28 bits per heavy atom. The molecule has 0 bridgehead atoms. The summed E-state index contributed by atoms with van der Waals surface area (Å²) in [7, 11) is 0. The molecule has 0 radical (unpaired) electrons. The van der Waals surface area contributed by atoms with E-state index in [-0.39, 0.29) is 40.0 Å². The highest BCUT2D eigenvalue weighted by molar-refractivity contribution is 5.94. The van der Waals surface area contributed by atoms with Crippen molar-refractivity contribution < 1.29 is 14.3 Å². The third kappa shape index (κ3) is 5.45. The number of fused-ring (bicyclic) bond motifs is 5. The van der Waals surface area contributed by atoms with E-state index in [0.29, 0.717) is 52.6 Å². The van der Waals surface area contributed by atoms with E-state index in [1.54, 1.807) is 0 Å². The van der Waals surface area contributed by atoms with Crippen molar-refractivity contribution in [2.24, 2.45) is 74.4 Å². The molecule has 246 valence electrons. The van der Waals surface area contributed by atoms with Gasteiger partial charge in [-0.1, -0.05) is 95.6 Å². The maximum absolute atomic E-state index is 14.2. The fourth-order valence-electron chi connectivity index (χ4n) is 11.5. The zero-order chi connectivity index (χ0) is 31.9. The van der Waals surface area contributed by atoms with Crippen molar-refractivity contribution in [2.45, 2.75) is 154 Å². The van der Waals surface area contributed by atoms with E-state index in [9.17, 15) is 4.79 Å². The first-order chi connectivity index (χ1) is 19.8. The Hall–Kier alpha value is -0.670. The van der Waals surface area contributed by atoms with Crippen LogP contribution in [-0.2, 0) is 14.3 Å². The van der Waals surface area contributed by atoms with Crippen molar-refractivity contribution in [3.05, 3.63) is 11.6 Å². The second-order valence-corrected chi connectivity index (χ2v) is 19.3. The summed E-state index contributed by atoms with van der Waals surface area (Å²) in [5.74, 6) is 4.31. The summed E-state index contributed by atoms with van der Waals surface area (Å²) in [4.78, 5) is 14.2. The average Bonchev–Trinajstić information content (AvgIpc) is 3.20. The van der Waals surface area contributed by atoms with Crippen LogP contribution in [0.5, 0.6) is 0 Å². The van der Waals surface area contributed by atoms with Crippen LogP contribution in [0.3, 0.4) is 0 Å². The van der Waals surface area contributed by atoms with E-state index in [2.05, 4.69) is 96.1 Å². The molecule has 1 aliphatic heterocycles. The van der Waals surface area contributed by atoms with Gasteiger partial charge in [0.05, 0.1) is 12.7 Å². The number of allylic oxidation sites excluding steroid dienone is 2. The predicted molar refractivity (Wildman–Crippen MR) is 178 cm³/mol. The Balaban J connectivity index is 1.38. The van der Waals surface area contributed by atoms with Gasteiger partial charge in [-0.05, 0) is 120 Å². The van der Waals surface area contributed by atoms with Crippen molar-refractivity contribution in [1.29, 1.82) is 0 Å². The molecule has 43 heavy (non-hydrogen) atoms. The molecule has 3 nitrogen and oxygen atoms in total. The molecule has 0 aromatic carbocycles. The van der Waals surface area contributed by atoms with Gasteiger partial charge in [0.15, 0.2) is 12.1 Å². The second kappa shape index (κ2) is 11.2. The lowest BCUT2D eigenvalue weighted by Crippen LogP contribution is -2.58. The van der Waals surface area contributed by atoms with Crippen LogP contribution < -0.4 is 0 Å². The van der Waals surface area contributed by atoms with Gasteiger partial charge in [0.2, 0.25) is 0 Å².